The zero-order valence-corrected chi connectivity index (χ0v) is 15.0. The van der Waals surface area contributed by atoms with Crippen LogP contribution in [0.2, 0.25) is 0 Å². The molecule has 2 aromatic rings. The number of anilines is 2. The number of aliphatic imine (C=N–C) groups is 2. The minimum atomic E-state index is 0. The Morgan fingerprint density at radius 1 is 0.769 bits per heavy atom. The Morgan fingerprint density at radius 2 is 1.42 bits per heavy atom. The summed E-state index contributed by atoms with van der Waals surface area (Å²) in [6.07, 6.45) is 0. The number of nitrogens with one attached hydrogen (secondary N) is 4. The lowest BCUT2D eigenvalue weighted by molar-refractivity contribution is 0.483. The van der Waals surface area contributed by atoms with Gasteiger partial charge in [-0.25, -0.2) is 0 Å². The van der Waals surface area contributed by atoms with Crippen molar-refractivity contribution in [2.45, 2.75) is 0 Å². The summed E-state index contributed by atoms with van der Waals surface area (Å²) in [6.45, 7) is 3.38. The molecule has 0 aliphatic carbocycles. The van der Waals surface area contributed by atoms with Crippen LogP contribution in [0.1, 0.15) is 0 Å². The maximum absolute atomic E-state index is 5.93. The van der Waals surface area contributed by atoms with Crippen molar-refractivity contribution in [1.29, 1.82) is 0 Å². The van der Waals surface area contributed by atoms with Gasteiger partial charge < -0.3 is 26.0 Å². The Balaban J connectivity index is 0.00000196. The number of hydrogen-bond acceptors (Lipinski definition) is 7. The van der Waals surface area contributed by atoms with Crippen LogP contribution in [0.15, 0.2) is 58.5 Å². The third-order valence-electron chi connectivity index (χ3n) is 3.80. The van der Waals surface area contributed by atoms with Gasteiger partial charge in [0.15, 0.2) is 11.9 Å². The van der Waals surface area contributed by atoms with Crippen LogP contribution >= 0.6 is 12.4 Å². The first-order valence-electron chi connectivity index (χ1n) is 8.34. The largest absolute Gasteiger partial charge is 0.457 e. The van der Waals surface area contributed by atoms with Crippen LogP contribution < -0.4 is 26.0 Å². The predicted molar refractivity (Wildman–Crippen MR) is 108 cm³/mol. The Morgan fingerprint density at radius 3 is 2.04 bits per heavy atom. The van der Waals surface area contributed by atoms with Crippen LogP contribution in [0.4, 0.5) is 11.4 Å². The highest BCUT2D eigenvalue weighted by Crippen LogP contribution is 2.25. The fraction of sp³-hybridized carbons (Fsp3) is 0.222. The fourth-order valence-corrected chi connectivity index (χ4v) is 2.62. The topological polar surface area (TPSA) is 82.1 Å². The van der Waals surface area contributed by atoms with E-state index in [9.17, 15) is 0 Å². The molecule has 8 heteroatoms. The van der Waals surface area contributed by atoms with Crippen molar-refractivity contribution in [1.82, 2.24) is 10.6 Å². The van der Waals surface area contributed by atoms with E-state index in [4.69, 9.17) is 4.74 Å². The van der Waals surface area contributed by atoms with E-state index in [2.05, 4.69) is 31.3 Å². The third kappa shape index (κ3) is 4.58. The van der Waals surface area contributed by atoms with Crippen LogP contribution in [-0.2, 0) is 0 Å². The van der Waals surface area contributed by atoms with Crippen LogP contribution in [0.5, 0.6) is 11.5 Å². The van der Waals surface area contributed by atoms with Gasteiger partial charge in [0.05, 0.1) is 13.1 Å². The summed E-state index contributed by atoms with van der Waals surface area (Å²) >= 11 is 0. The highest BCUT2D eigenvalue weighted by atomic mass is 35.5. The summed E-state index contributed by atoms with van der Waals surface area (Å²) in [5, 5.41) is 12.8. The van der Waals surface area contributed by atoms with E-state index >= 15 is 0 Å². The second-order valence-electron chi connectivity index (χ2n) is 5.72. The minimum absolute atomic E-state index is 0. The summed E-state index contributed by atoms with van der Waals surface area (Å²) in [5.74, 6) is 3.17. The number of ether oxygens (including phenoxy) is 1. The lowest BCUT2D eigenvalue weighted by Gasteiger charge is -2.11. The van der Waals surface area contributed by atoms with E-state index in [1.54, 1.807) is 0 Å². The molecule has 2 aliphatic heterocycles. The molecule has 2 aliphatic rings. The predicted octanol–water partition coefficient (Wildman–Crippen LogP) is 2.64. The molecule has 0 saturated heterocycles. The number of guanidine groups is 2. The average Bonchev–Trinajstić information content (AvgIpc) is 3.31. The van der Waals surface area contributed by atoms with E-state index in [1.807, 2.05) is 48.5 Å². The first kappa shape index (κ1) is 17.9. The molecule has 0 fully saturated rings. The van der Waals surface area contributed by atoms with E-state index in [0.717, 1.165) is 61.0 Å². The van der Waals surface area contributed by atoms with Gasteiger partial charge in [0.25, 0.3) is 0 Å². The Kier molecular flexibility index (Phi) is 5.80. The van der Waals surface area contributed by atoms with Gasteiger partial charge in [0.1, 0.15) is 11.5 Å². The second kappa shape index (κ2) is 8.44. The molecule has 2 heterocycles. The molecule has 4 N–H and O–H groups in total. The molecule has 0 saturated carbocycles. The third-order valence-corrected chi connectivity index (χ3v) is 3.80. The molecule has 0 spiro atoms. The molecule has 0 atom stereocenters. The van der Waals surface area contributed by atoms with Crippen LogP contribution in [0.3, 0.4) is 0 Å². The Labute approximate surface area is 158 Å². The average molecular weight is 373 g/mol. The van der Waals surface area contributed by atoms with Gasteiger partial charge in [-0.15, -0.1) is 12.4 Å². The van der Waals surface area contributed by atoms with Gasteiger partial charge in [0, 0.05) is 30.5 Å². The van der Waals surface area contributed by atoms with Crippen molar-refractivity contribution in [2.24, 2.45) is 9.98 Å². The van der Waals surface area contributed by atoms with Crippen LogP contribution in [-0.4, -0.2) is 38.1 Å². The summed E-state index contributed by atoms with van der Waals surface area (Å²) in [6, 6.07) is 15.6. The molecule has 0 bridgehead atoms. The molecule has 4 rings (SSSR count). The van der Waals surface area contributed by atoms with Gasteiger partial charge in [-0.05, 0) is 36.4 Å². The van der Waals surface area contributed by atoms with E-state index in [1.165, 1.54) is 0 Å². The van der Waals surface area contributed by atoms with Crippen molar-refractivity contribution in [3.05, 3.63) is 48.5 Å². The summed E-state index contributed by atoms with van der Waals surface area (Å²) in [7, 11) is 0. The van der Waals surface area contributed by atoms with Crippen LogP contribution in [0, 0.1) is 0 Å². The highest BCUT2D eigenvalue weighted by molar-refractivity contribution is 5.95. The number of halogens is 1. The zero-order valence-electron chi connectivity index (χ0n) is 14.2. The normalized spacial score (nSPS) is 15.1. The van der Waals surface area contributed by atoms with Crippen LogP contribution in [0.25, 0.3) is 0 Å². The summed E-state index contributed by atoms with van der Waals surface area (Å²) < 4.78 is 5.93. The van der Waals surface area contributed by atoms with E-state index in [0.29, 0.717) is 0 Å². The van der Waals surface area contributed by atoms with Crippen molar-refractivity contribution in [3.8, 4) is 11.5 Å². The molecule has 136 valence electrons. The minimum Gasteiger partial charge on any atom is -0.457 e. The molecule has 7 nitrogen and oxygen atoms in total. The Bertz CT molecular complexity index is 806. The monoisotopic (exact) mass is 372 g/mol. The second-order valence-corrected chi connectivity index (χ2v) is 5.72. The van der Waals surface area contributed by atoms with Gasteiger partial charge in [-0.2, -0.15) is 0 Å². The molecule has 0 radical (unpaired) electrons. The SMILES string of the molecule is Cl.c1cc(NC2=NCCN2)cc(Oc2ccc(NC3=NCCN3)cc2)c1. The van der Waals surface area contributed by atoms with Crippen molar-refractivity contribution in [3.63, 3.8) is 0 Å². The summed E-state index contributed by atoms with van der Waals surface area (Å²) in [4.78, 5) is 8.64. The summed E-state index contributed by atoms with van der Waals surface area (Å²) in [5.41, 5.74) is 1.91. The molecule has 0 unspecified atom stereocenters. The maximum atomic E-state index is 5.93. The zero-order chi connectivity index (χ0) is 16.9. The van der Waals surface area contributed by atoms with Crippen molar-refractivity contribution >= 4 is 35.7 Å². The number of rotatable bonds is 4. The fourth-order valence-electron chi connectivity index (χ4n) is 2.62. The van der Waals surface area contributed by atoms with Gasteiger partial charge in [-0.1, -0.05) is 6.07 Å². The van der Waals surface area contributed by atoms with Gasteiger partial charge >= 0.3 is 0 Å². The number of hydrogen-bond donors (Lipinski definition) is 4. The lowest BCUT2D eigenvalue weighted by atomic mass is 10.3. The van der Waals surface area contributed by atoms with Crippen molar-refractivity contribution < 1.29 is 4.74 Å². The molecular formula is C18H21ClN6O. The number of nitrogens with zero attached hydrogens (tertiary/aromatic N) is 2. The van der Waals surface area contributed by atoms with Gasteiger partial charge in [-0.3, -0.25) is 9.98 Å². The first-order chi connectivity index (χ1) is 12.3. The van der Waals surface area contributed by atoms with Gasteiger partial charge in [0.2, 0.25) is 0 Å². The molecule has 0 amide bonds. The molecular weight excluding hydrogens is 352 g/mol. The Hall–Kier alpha value is -2.93. The standard InChI is InChI=1S/C18H20N6O.ClH/c1-2-14(24-18-21-10-11-22-18)12-16(3-1)25-15-6-4-13(5-7-15)23-17-19-8-9-20-17;/h1-7,12H,8-11H2,(H2,19,20,23)(H2,21,22,24);1H. The quantitative estimate of drug-likeness (QED) is 0.663. The molecule has 0 aromatic heterocycles. The van der Waals surface area contributed by atoms with Crippen molar-refractivity contribution in [2.75, 3.05) is 36.8 Å². The van der Waals surface area contributed by atoms with E-state index < -0.39 is 0 Å². The highest BCUT2D eigenvalue weighted by Gasteiger charge is 2.07. The molecule has 26 heavy (non-hydrogen) atoms. The number of benzene rings is 2. The lowest BCUT2D eigenvalue weighted by Crippen LogP contribution is -2.26. The smallest absolute Gasteiger partial charge is 0.195 e. The first-order valence-corrected chi connectivity index (χ1v) is 8.34. The maximum Gasteiger partial charge on any atom is 0.195 e. The molecule has 2 aromatic carbocycles. The van der Waals surface area contributed by atoms with E-state index in [-0.39, 0.29) is 12.4 Å².